The first-order valence-electron chi connectivity index (χ1n) is 7.39. The Labute approximate surface area is 141 Å². The summed E-state index contributed by atoms with van der Waals surface area (Å²) >= 11 is 0. The van der Waals surface area contributed by atoms with E-state index in [4.69, 9.17) is 4.74 Å². The lowest BCUT2D eigenvalue weighted by Crippen LogP contribution is -2.24. The third-order valence-electron chi connectivity index (χ3n) is 3.47. The number of nitrogens with zero attached hydrogens (tertiary/aromatic N) is 4. The van der Waals surface area contributed by atoms with Crippen molar-refractivity contribution in [2.75, 3.05) is 0 Å². The molecular weight excluding hydrogens is 332 g/mol. The lowest BCUT2D eigenvalue weighted by atomic mass is 10.3. The maximum absolute atomic E-state index is 13.5. The van der Waals surface area contributed by atoms with Crippen molar-refractivity contribution in [2.45, 2.75) is 13.3 Å². The molecule has 1 amide bonds. The summed E-state index contributed by atoms with van der Waals surface area (Å²) in [7, 11) is 1.78. The van der Waals surface area contributed by atoms with Crippen LogP contribution in [-0.2, 0) is 20.3 Å². The Morgan fingerprint density at radius 3 is 2.84 bits per heavy atom. The first-order valence-corrected chi connectivity index (χ1v) is 7.39. The number of ether oxygens (including phenoxy) is 1. The van der Waals surface area contributed by atoms with E-state index in [0.29, 0.717) is 6.54 Å². The maximum Gasteiger partial charge on any atom is 0.272 e. The summed E-state index contributed by atoms with van der Waals surface area (Å²) < 4.78 is 34.5. The van der Waals surface area contributed by atoms with E-state index < -0.39 is 11.6 Å². The van der Waals surface area contributed by atoms with Gasteiger partial charge in [0.2, 0.25) is 0 Å². The number of nitrogens with one attached hydrogen (secondary N) is 1. The predicted molar refractivity (Wildman–Crippen MR) is 83.6 cm³/mol. The molecule has 0 saturated carbocycles. The zero-order valence-corrected chi connectivity index (χ0v) is 13.3. The molecule has 0 spiro atoms. The van der Waals surface area contributed by atoms with Crippen molar-refractivity contribution >= 4 is 5.91 Å². The number of carbonyl (C=O) groups is 1. The second kappa shape index (κ2) is 7.12. The van der Waals surface area contributed by atoms with Crippen LogP contribution in [0.15, 0.2) is 42.7 Å². The predicted octanol–water partition coefficient (Wildman–Crippen LogP) is 1.86. The van der Waals surface area contributed by atoms with E-state index in [0.717, 1.165) is 17.8 Å². The van der Waals surface area contributed by atoms with E-state index >= 15 is 0 Å². The van der Waals surface area contributed by atoms with Crippen LogP contribution in [0.3, 0.4) is 0 Å². The molecule has 130 valence electrons. The number of hydrogen-bond donors (Lipinski definition) is 1. The minimum atomic E-state index is -0.804. The first-order chi connectivity index (χ1) is 12.0. The molecule has 3 rings (SSSR count). The van der Waals surface area contributed by atoms with Crippen molar-refractivity contribution < 1.29 is 18.3 Å². The molecule has 0 atom stereocenters. The summed E-state index contributed by atoms with van der Waals surface area (Å²) in [5, 5.41) is 10.8. The molecule has 1 N–H and O–H groups in total. The van der Waals surface area contributed by atoms with Crippen LogP contribution in [0.2, 0.25) is 0 Å². The Hall–Kier alpha value is -3.23. The molecule has 0 aliphatic heterocycles. The van der Waals surface area contributed by atoms with Gasteiger partial charge in [-0.1, -0.05) is 0 Å². The number of aromatic nitrogens is 4. The summed E-state index contributed by atoms with van der Waals surface area (Å²) in [6.45, 7) is 0.205. The third-order valence-corrected chi connectivity index (χ3v) is 3.47. The molecule has 0 bridgehead atoms. The topological polar surface area (TPSA) is 74.0 Å². The van der Waals surface area contributed by atoms with Crippen LogP contribution in [0.4, 0.5) is 8.78 Å². The second-order valence-electron chi connectivity index (χ2n) is 5.22. The van der Waals surface area contributed by atoms with Crippen molar-refractivity contribution in [2.24, 2.45) is 7.05 Å². The van der Waals surface area contributed by atoms with E-state index in [9.17, 15) is 13.6 Å². The minimum absolute atomic E-state index is 0.0980. The number of aryl methyl sites for hydroxylation is 1. The molecule has 25 heavy (non-hydrogen) atoms. The zero-order valence-electron chi connectivity index (χ0n) is 13.3. The Balaban J connectivity index is 1.56. The van der Waals surface area contributed by atoms with Crippen molar-refractivity contribution in [3.63, 3.8) is 0 Å². The molecular formula is C16H15F2N5O2. The quantitative estimate of drug-likeness (QED) is 0.739. The standard InChI is InChI=1S/C16H15F2N5O2/c1-22-12(4-6-20-22)9-19-16(24)14-5-7-23(21-14)10-25-15-3-2-11(17)8-13(15)18/h2-8H,9-10H2,1H3,(H,19,24). The fourth-order valence-electron chi connectivity index (χ4n) is 2.12. The highest BCUT2D eigenvalue weighted by atomic mass is 19.1. The van der Waals surface area contributed by atoms with Gasteiger partial charge in [-0.3, -0.25) is 9.48 Å². The summed E-state index contributed by atoms with van der Waals surface area (Å²) in [5.74, 6) is -1.94. The van der Waals surface area contributed by atoms with Gasteiger partial charge in [0.15, 0.2) is 18.3 Å². The Bertz CT molecular complexity index is 890. The molecule has 7 nitrogen and oxygen atoms in total. The maximum atomic E-state index is 13.5. The molecule has 0 aliphatic rings. The van der Waals surface area contributed by atoms with Crippen LogP contribution in [-0.4, -0.2) is 25.5 Å². The summed E-state index contributed by atoms with van der Waals surface area (Å²) in [4.78, 5) is 12.1. The van der Waals surface area contributed by atoms with Gasteiger partial charge in [0, 0.05) is 25.5 Å². The SMILES string of the molecule is Cn1nccc1CNC(=O)c1ccn(COc2ccc(F)cc2F)n1. The summed E-state index contributed by atoms with van der Waals surface area (Å²) in [6.07, 6.45) is 3.17. The fourth-order valence-corrected chi connectivity index (χ4v) is 2.12. The van der Waals surface area contributed by atoms with E-state index in [-0.39, 0.29) is 24.1 Å². The summed E-state index contributed by atoms with van der Waals surface area (Å²) in [5.41, 5.74) is 1.05. The minimum Gasteiger partial charge on any atom is -0.468 e. The van der Waals surface area contributed by atoms with Gasteiger partial charge in [-0.05, 0) is 24.3 Å². The Morgan fingerprint density at radius 2 is 2.12 bits per heavy atom. The second-order valence-corrected chi connectivity index (χ2v) is 5.22. The normalized spacial score (nSPS) is 10.7. The number of carbonyl (C=O) groups excluding carboxylic acids is 1. The lowest BCUT2D eigenvalue weighted by molar-refractivity contribution is 0.0943. The van der Waals surface area contributed by atoms with Crippen LogP contribution in [0.1, 0.15) is 16.2 Å². The van der Waals surface area contributed by atoms with Gasteiger partial charge in [-0.25, -0.2) is 13.5 Å². The van der Waals surface area contributed by atoms with Gasteiger partial charge in [-0.2, -0.15) is 10.2 Å². The number of halogens is 2. The molecule has 9 heteroatoms. The highest BCUT2D eigenvalue weighted by Crippen LogP contribution is 2.17. The van der Waals surface area contributed by atoms with E-state index in [1.807, 2.05) is 0 Å². The Morgan fingerprint density at radius 1 is 1.28 bits per heavy atom. The third kappa shape index (κ3) is 4.00. The molecule has 0 fully saturated rings. The molecule has 3 aromatic rings. The molecule has 0 aliphatic carbocycles. The monoisotopic (exact) mass is 347 g/mol. The van der Waals surface area contributed by atoms with Gasteiger partial charge in [0.1, 0.15) is 11.5 Å². The first kappa shape index (κ1) is 16.6. The summed E-state index contributed by atoms with van der Waals surface area (Å²) in [6, 6.07) is 6.33. The van der Waals surface area contributed by atoms with Crippen molar-refractivity contribution in [3.8, 4) is 5.75 Å². The van der Waals surface area contributed by atoms with Gasteiger partial charge in [-0.15, -0.1) is 0 Å². The van der Waals surface area contributed by atoms with Gasteiger partial charge >= 0.3 is 0 Å². The highest BCUT2D eigenvalue weighted by molar-refractivity contribution is 5.92. The van der Waals surface area contributed by atoms with Gasteiger partial charge < -0.3 is 10.1 Å². The molecule has 2 aromatic heterocycles. The van der Waals surface area contributed by atoms with Crippen LogP contribution < -0.4 is 10.1 Å². The highest BCUT2D eigenvalue weighted by Gasteiger charge is 2.11. The van der Waals surface area contributed by atoms with Crippen molar-refractivity contribution in [1.82, 2.24) is 24.9 Å². The molecule has 0 saturated heterocycles. The van der Waals surface area contributed by atoms with Crippen molar-refractivity contribution in [3.05, 3.63) is 65.7 Å². The van der Waals surface area contributed by atoms with Gasteiger partial charge in [0.25, 0.3) is 5.91 Å². The fraction of sp³-hybridized carbons (Fsp3) is 0.188. The number of hydrogen-bond acceptors (Lipinski definition) is 4. The van der Waals surface area contributed by atoms with Crippen LogP contribution >= 0.6 is 0 Å². The van der Waals surface area contributed by atoms with Crippen LogP contribution in [0.5, 0.6) is 5.75 Å². The van der Waals surface area contributed by atoms with Crippen LogP contribution in [0, 0.1) is 11.6 Å². The largest absolute Gasteiger partial charge is 0.468 e. The lowest BCUT2D eigenvalue weighted by Gasteiger charge is -2.07. The van der Waals surface area contributed by atoms with Crippen molar-refractivity contribution in [1.29, 1.82) is 0 Å². The number of amides is 1. The molecule has 2 heterocycles. The van der Waals surface area contributed by atoms with Crippen LogP contribution in [0.25, 0.3) is 0 Å². The van der Waals surface area contributed by atoms with E-state index in [1.165, 1.54) is 23.0 Å². The average molecular weight is 347 g/mol. The number of rotatable bonds is 6. The molecule has 0 unspecified atom stereocenters. The zero-order chi connectivity index (χ0) is 17.8. The van der Waals surface area contributed by atoms with E-state index in [1.54, 1.807) is 24.0 Å². The number of benzene rings is 1. The molecule has 1 aromatic carbocycles. The van der Waals surface area contributed by atoms with Gasteiger partial charge in [0.05, 0.1) is 12.2 Å². The smallest absolute Gasteiger partial charge is 0.272 e. The Kier molecular flexibility index (Phi) is 4.73. The van der Waals surface area contributed by atoms with E-state index in [2.05, 4.69) is 15.5 Å². The molecule has 0 radical (unpaired) electrons. The average Bonchev–Trinajstić information content (AvgIpc) is 3.21.